The van der Waals surface area contributed by atoms with Gasteiger partial charge in [0.2, 0.25) is 0 Å². The fraction of sp³-hybridized carbons (Fsp3) is 0.0769. The second kappa shape index (κ2) is 5.64. The quantitative estimate of drug-likeness (QED) is 0.699. The molecular formula is C13H11BrN2O2. The summed E-state index contributed by atoms with van der Waals surface area (Å²) in [6.07, 6.45) is 1.56. The minimum absolute atomic E-state index is 0.256. The summed E-state index contributed by atoms with van der Waals surface area (Å²) in [5.41, 5.74) is 3.65. The number of rotatable bonds is 3. The molecule has 1 aromatic carbocycles. The van der Waals surface area contributed by atoms with Crippen molar-refractivity contribution in [2.75, 3.05) is 0 Å². The van der Waals surface area contributed by atoms with E-state index in [1.807, 2.05) is 0 Å². The molecule has 0 aliphatic heterocycles. The molecule has 2 rings (SSSR count). The highest BCUT2D eigenvalue weighted by Crippen LogP contribution is 2.10. The molecular weight excluding hydrogens is 296 g/mol. The zero-order chi connectivity index (χ0) is 13.0. The summed E-state index contributed by atoms with van der Waals surface area (Å²) in [6, 6.07) is 10.6. The van der Waals surface area contributed by atoms with Crippen LogP contribution in [0, 0.1) is 0 Å². The lowest BCUT2D eigenvalue weighted by Gasteiger charge is -2.01. The van der Waals surface area contributed by atoms with Crippen molar-refractivity contribution in [3.05, 3.63) is 58.5 Å². The average molecular weight is 307 g/mol. The van der Waals surface area contributed by atoms with Gasteiger partial charge in [0.25, 0.3) is 5.91 Å². The van der Waals surface area contributed by atoms with Crippen LogP contribution in [-0.4, -0.2) is 11.6 Å². The van der Waals surface area contributed by atoms with Crippen molar-refractivity contribution in [1.82, 2.24) is 5.43 Å². The molecule has 0 radical (unpaired) electrons. The van der Waals surface area contributed by atoms with Gasteiger partial charge in [-0.2, -0.15) is 5.10 Å². The predicted octanol–water partition coefficient (Wildman–Crippen LogP) is 3.20. The number of halogens is 1. The molecule has 0 aliphatic rings. The van der Waals surface area contributed by atoms with Crippen LogP contribution in [0.1, 0.15) is 23.0 Å². The van der Waals surface area contributed by atoms with Crippen LogP contribution < -0.4 is 5.43 Å². The van der Waals surface area contributed by atoms with E-state index >= 15 is 0 Å². The number of nitrogens with zero attached hydrogens (tertiary/aromatic N) is 1. The summed E-state index contributed by atoms with van der Waals surface area (Å²) >= 11 is 3.31. The van der Waals surface area contributed by atoms with E-state index in [2.05, 4.69) is 26.5 Å². The Kier molecular flexibility index (Phi) is 3.94. The highest BCUT2D eigenvalue weighted by molar-refractivity contribution is 9.10. The first-order valence-electron chi connectivity index (χ1n) is 5.31. The van der Waals surface area contributed by atoms with E-state index in [0.717, 1.165) is 4.47 Å². The van der Waals surface area contributed by atoms with Crippen LogP contribution in [0.4, 0.5) is 0 Å². The smallest absolute Gasteiger partial charge is 0.271 e. The Balaban J connectivity index is 2.04. The molecule has 0 atom stereocenters. The first-order valence-corrected chi connectivity index (χ1v) is 6.10. The molecule has 1 aromatic heterocycles. The Labute approximate surface area is 113 Å². The third-order valence-corrected chi connectivity index (χ3v) is 2.84. The summed E-state index contributed by atoms with van der Waals surface area (Å²) in [7, 11) is 0. The van der Waals surface area contributed by atoms with E-state index in [-0.39, 0.29) is 5.91 Å². The molecule has 1 amide bonds. The second-order valence-corrected chi connectivity index (χ2v) is 4.54. The first kappa shape index (κ1) is 12.6. The fourth-order valence-corrected chi connectivity index (χ4v) is 1.60. The summed E-state index contributed by atoms with van der Waals surface area (Å²) in [6.45, 7) is 1.76. The largest absolute Gasteiger partial charge is 0.463 e. The molecule has 0 aliphatic carbocycles. The number of nitrogens with one attached hydrogen (secondary N) is 1. The van der Waals surface area contributed by atoms with Crippen molar-refractivity contribution < 1.29 is 9.21 Å². The Hall–Kier alpha value is -1.88. The van der Waals surface area contributed by atoms with E-state index in [1.54, 1.807) is 49.6 Å². The van der Waals surface area contributed by atoms with Gasteiger partial charge >= 0.3 is 0 Å². The summed E-state index contributed by atoms with van der Waals surface area (Å²) in [4.78, 5) is 11.8. The van der Waals surface area contributed by atoms with Gasteiger partial charge in [0.05, 0.1) is 6.26 Å². The Morgan fingerprint density at radius 1 is 1.28 bits per heavy atom. The van der Waals surface area contributed by atoms with Gasteiger partial charge in [0.1, 0.15) is 11.5 Å². The van der Waals surface area contributed by atoms with E-state index in [9.17, 15) is 4.79 Å². The van der Waals surface area contributed by atoms with Crippen molar-refractivity contribution in [2.24, 2.45) is 5.10 Å². The number of hydrogen-bond donors (Lipinski definition) is 1. The molecule has 18 heavy (non-hydrogen) atoms. The molecule has 2 aromatic rings. The monoisotopic (exact) mass is 306 g/mol. The second-order valence-electron chi connectivity index (χ2n) is 3.62. The van der Waals surface area contributed by atoms with Gasteiger partial charge in [0, 0.05) is 10.0 Å². The number of amides is 1. The first-order chi connectivity index (χ1) is 8.66. The molecule has 92 valence electrons. The molecule has 5 heteroatoms. The lowest BCUT2D eigenvalue weighted by molar-refractivity contribution is 0.0955. The van der Waals surface area contributed by atoms with Crippen LogP contribution in [0.25, 0.3) is 0 Å². The SMILES string of the molecule is C/C(=N\NC(=O)c1ccc(Br)cc1)c1ccco1. The highest BCUT2D eigenvalue weighted by Gasteiger charge is 2.05. The molecule has 1 N–H and O–H groups in total. The maximum atomic E-state index is 11.8. The lowest BCUT2D eigenvalue weighted by atomic mass is 10.2. The number of furan rings is 1. The van der Waals surface area contributed by atoms with Gasteiger partial charge in [-0.15, -0.1) is 0 Å². The number of benzene rings is 1. The summed E-state index contributed by atoms with van der Waals surface area (Å²) in [5, 5.41) is 3.98. The third-order valence-electron chi connectivity index (χ3n) is 2.31. The molecule has 0 bridgehead atoms. The minimum Gasteiger partial charge on any atom is -0.463 e. The molecule has 0 saturated carbocycles. The Morgan fingerprint density at radius 2 is 2.00 bits per heavy atom. The van der Waals surface area contributed by atoms with E-state index in [0.29, 0.717) is 17.0 Å². The summed E-state index contributed by atoms with van der Waals surface area (Å²) < 4.78 is 6.09. The van der Waals surface area contributed by atoms with Crippen LogP contribution in [-0.2, 0) is 0 Å². The Morgan fingerprint density at radius 3 is 2.61 bits per heavy atom. The number of carbonyl (C=O) groups excluding carboxylic acids is 1. The number of hydrazone groups is 1. The maximum absolute atomic E-state index is 11.8. The predicted molar refractivity (Wildman–Crippen MR) is 72.5 cm³/mol. The standard InChI is InChI=1S/C13H11BrN2O2/c1-9(12-3-2-8-18-12)15-16-13(17)10-4-6-11(14)7-5-10/h2-8H,1H3,(H,16,17)/b15-9+. The van der Waals surface area contributed by atoms with E-state index in [1.165, 1.54) is 0 Å². The average Bonchev–Trinajstić information content (AvgIpc) is 2.90. The third kappa shape index (κ3) is 3.07. The Bertz CT molecular complexity index is 559. The highest BCUT2D eigenvalue weighted by atomic mass is 79.9. The van der Waals surface area contributed by atoms with Gasteiger partial charge in [0.15, 0.2) is 0 Å². The molecule has 4 nitrogen and oxygen atoms in total. The van der Waals surface area contributed by atoms with Gasteiger partial charge in [-0.1, -0.05) is 15.9 Å². The summed E-state index contributed by atoms with van der Waals surface area (Å²) in [5.74, 6) is 0.375. The van der Waals surface area contributed by atoms with Crippen LogP contribution in [0.5, 0.6) is 0 Å². The van der Waals surface area contributed by atoms with Gasteiger partial charge < -0.3 is 4.42 Å². The van der Waals surface area contributed by atoms with Gasteiger partial charge in [-0.25, -0.2) is 5.43 Å². The van der Waals surface area contributed by atoms with Crippen molar-refractivity contribution >= 4 is 27.5 Å². The lowest BCUT2D eigenvalue weighted by Crippen LogP contribution is -2.19. The molecule has 0 spiro atoms. The number of carbonyl (C=O) groups is 1. The van der Waals surface area contributed by atoms with Crippen LogP contribution >= 0.6 is 15.9 Å². The molecule has 1 heterocycles. The van der Waals surface area contributed by atoms with Crippen LogP contribution in [0.2, 0.25) is 0 Å². The zero-order valence-electron chi connectivity index (χ0n) is 9.68. The topological polar surface area (TPSA) is 54.6 Å². The fourth-order valence-electron chi connectivity index (χ4n) is 1.34. The van der Waals surface area contributed by atoms with Gasteiger partial charge in [-0.3, -0.25) is 4.79 Å². The van der Waals surface area contributed by atoms with Crippen molar-refractivity contribution in [2.45, 2.75) is 6.92 Å². The molecule has 0 fully saturated rings. The van der Waals surface area contributed by atoms with Crippen LogP contribution in [0.3, 0.4) is 0 Å². The van der Waals surface area contributed by atoms with Crippen molar-refractivity contribution in [3.8, 4) is 0 Å². The van der Waals surface area contributed by atoms with E-state index < -0.39 is 0 Å². The van der Waals surface area contributed by atoms with Crippen molar-refractivity contribution in [1.29, 1.82) is 0 Å². The van der Waals surface area contributed by atoms with E-state index in [4.69, 9.17) is 4.42 Å². The van der Waals surface area contributed by atoms with Crippen LogP contribution in [0.15, 0.2) is 56.7 Å². The van der Waals surface area contributed by atoms with Crippen molar-refractivity contribution in [3.63, 3.8) is 0 Å². The molecule has 0 unspecified atom stereocenters. The normalized spacial score (nSPS) is 11.3. The van der Waals surface area contributed by atoms with Gasteiger partial charge in [-0.05, 0) is 43.3 Å². The minimum atomic E-state index is -0.256. The zero-order valence-corrected chi connectivity index (χ0v) is 11.3. The molecule has 0 saturated heterocycles. The number of hydrogen-bond acceptors (Lipinski definition) is 3. The maximum Gasteiger partial charge on any atom is 0.271 e.